The van der Waals surface area contributed by atoms with E-state index in [1.807, 2.05) is 23.1 Å². The van der Waals surface area contributed by atoms with Crippen molar-refractivity contribution in [2.24, 2.45) is 0 Å². The van der Waals surface area contributed by atoms with Crippen molar-refractivity contribution in [3.8, 4) is 0 Å². The molecule has 0 spiro atoms. The molecule has 0 saturated carbocycles. The van der Waals surface area contributed by atoms with Crippen LogP contribution in [0.5, 0.6) is 0 Å². The van der Waals surface area contributed by atoms with Gasteiger partial charge < -0.3 is 20.1 Å². The molecule has 1 aliphatic rings. The average Bonchev–Trinajstić information content (AvgIpc) is 3.39. The number of aromatic nitrogens is 2. The van der Waals surface area contributed by atoms with Crippen molar-refractivity contribution in [3.63, 3.8) is 0 Å². The van der Waals surface area contributed by atoms with Crippen LogP contribution in [0.15, 0.2) is 67.1 Å². The number of anilines is 1. The van der Waals surface area contributed by atoms with Crippen molar-refractivity contribution in [3.05, 3.63) is 84.2 Å². The number of amides is 1. The van der Waals surface area contributed by atoms with Gasteiger partial charge in [-0.25, -0.2) is 4.39 Å². The fourth-order valence-electron chi connectivity index (χ4n) is 3.93. The van der Waals surface area contributed by atoms with E-state index in [9.17, 15) is 9.18 Å². The van der Waals surface area contributed by atoms with E-state index in [1.165, 1.54) is 6.07 Å². The summed E-state index contributed by atoms with van der Waals surface area (Å²) in [5, 5.41) is 6.60. The van der Waals surface area contributed by atoms with Gasteiger partial charge in [0.05, 0.1) is 23.5 Å². The molecule has 0 aliphatic carbocycles. The number of halogens is 1. The Bertz CT molecular complexity index is 1100. The Kier molecular flexibility index (Phi) is 6.50. The molecule has 0 radical (unpaired) electrons. The highest BCUT2D eigenvalue weighted by molar-refractivity contribution is 7.80. The summed E-state index contributed by atoms with van der Waals surface area (Å²) < 4.78 is 16.0. The average molecular weight is 452 g/mol. The summed E-state index contributed by atoms with van der Waals surface area (Å²) >= 11 is 5.64. The first-order chi connectivity index (χ1) is 15.4. The van der Waals surface area contributed by atoms with Gasteiger partial charge >= 0.3 is 0 Å². The van der Waals surface area contributed by atoms with E-state index < -0.39 is 5.82 Å². The largest absolute Gasteiger partial charge is 0.352 e. The second-order valence-corrected chi connectivity index (χ2v) is 8.47. The molecule has 0 bridgehead atoms. The molecule has 0 unspecified atom stereocenters. The zero-order chi connectivity index (χ0) is 22.7. The third-order valence-corrected chi connectivity index (χ3v) is 5.95. The minimum absolute atomic E-state index is 0.112. The van der Waals surface area contributed by atoms with Crippen LogP contribution in [-0.4, -0.2) is 32.0 Å². The summed E-state index contributed by atoms with van der Waals surface area (Å²) in [7, 11) is 0. The number of hydrogen-bond donors (Lipinski definition) is 2. The number of benzene rings is 1. The van der Waals surface area contributed by atoms with E-state index in [4.69, 9.17) is 12.2 Å². The lowest BCUT2D eigenvalue weighted by atomic mass is 9.99. The number of para-hydroxylation sites is 1. The molecule has 1 aliphatic heterocycles. The van der Waals surface area contributed by atoms with Crippen molar-refractivity contribution >= 4 is 28.9 Å². The van der Waals surface area contributed by atoms with Crippen LogP contribution in [0.2, 0.25) is 0 Å². The maximum atomic E-state index is 13.9. The number of carbonyl (C=O) groups is 1. The Labute approximate surface area is 192 Å². The predicted molar refractivity (Wildman–Crippen MR) is 127 cm³/mol. The molecule has 2 aromatic heterocycles. The molecule has 4 rings (SSSR count). The first kappa shape index (κ1) is 22.0. The van der Waals surface area contributed by atoms with E-state index in [0.29, 0.717) is 17.7 Å². The zero-order valence-corrected chi connectivity index (χ0v) is 18.8. The Morgan fingerprint density at radius 3 is 2.69 bits per heavy atom. The van der Waals surface area contributed by atoms with Crippen molar-refractivity contribution in [2.75, 3.05) is 11.9 Å². The summed E-state index contributed by atoms with van der Waals surface area (Å²) in [6.45, 7) is 4.65. The number of thiocarbonyl (C=S) groups is 1. The second kappa shape index (κ2) is 9.48. The van der Waals surface area contributed by atoms with Crippen LogP contribution >= 0.6 is 12.2 Å². The summed E-state index contributed by atoms with van der Waals surface area (Å²) in [5.74, 6) is -0.722. The second-order valence-electron chi connectivity index (χ2n) is 8.08. The van der Waals surface area contributed by atoms with E-state index in [-0.39, 0.29) is 30.1 Å². The first-order valence-corrected chi connectivity index (χ1v) is 11.0. The molecule has 1 saturated heterocycles. The van der Waals surface area contributed by atoms with Crippen LogP contribution in [0.4, 0.5) is 10.1 Å². The normalized spacial score (nSPS) is 18.1. The van der Waals surface area contributed by atoms with Gasteiger partial charge in [0.1, 0.15) is 5.82 Å². The third-order valence-electron chi connectivity index (χ3n) is 5.60. The molecule has 1 fully saturated rings. The Morgan fingerprint density at radius 1 is 1.22 bits per heavy atom. The molecule has 6 nitrogen and oxygen atoms in total. The molecule has 1 aromatic carbocycles. The van der Waals surface area contributed by atoms with Crippen molar-refractivity contribution in [1.29, 1.82) is 0 Å². The fraction of sp³-hybridized carbons (Fsp3) is 0.292. The standard InChI is InChI=1S/C24H26FN5OS/c1-16(2)29-13-10-17(15-29)23-22(20-9-5-6-12-26-20)28-24(32)30(23)14-11-21(31)27-19-8-4-3-7-18(19)25/h3-10,12-13,15-16,22-23H,11,14H2,1-2H3,(H,27,31)(H,28,32)/t22-,23-/m0/s1. The molecule has 3 heterocycles. The van der Waals surface area contributed by atoms with Gasteiger partial charge in [-0.05, 0) is 62.0 Å². The molecule has 8 heteroatoms. The Morgan fingerprint density at radius 2 is 2.00 bits per heavy atom. The van der Waals surface area contributed by atoms with Gasteiger partial charge in [-0.15, -0.1) is 0 Å². The molecule has 166 valence electrons. The Hall–Kier alpha value is -3.26. The lowest BCUT2D eigenvalue weighted by molar-refractivity contribution is -0.116. The number of hydrogen-bond acceptors (Lipinski definition) is 3. The number of nitrogens with zero attached hydrogens (tertiary/aromatic N) is 3. The van der Waals surface area contributed by atoms with Crippen LogP contribution in [0.3, 0.4) is 0 Å². The molecule has 2 N–H and O–H groups in total. The van der Waals surface area contributed by atoms with E-state index >= 15 is 0 Å². The minimum atomic E-state index is -0.456. The molecule has 3 aromatic rings. The van der Waals surface area contributed by atoms with Gasteiger partial charge in [0.15, 0.2) is 5.11 Å². The van der Waals surface area contributed by atoms with Crippen LogP contribution in [0.25, 0.3) is 0 Å². The predicted octanol–water partition coefficient (Wildman–Crippen LogP) is 4.60. The van der Waals surface area contributed by atoms with Crippen LogP contribution in [0.1, 0.15) is 49.7 Å². The maximum absolute atomic E-state index is 13.9. The molecule has 32 heavy (non-hydrogen) atoms. The molecular formula is C24H26FN5OS. The summed E-state index contributed by atoms with van der Waals surface area (Å²) in [5.41, 5.74) is 2.16. The molecule has 2 atom stereocenters. The summed E-state index contributed by atoms with van der Waals surface area (Å²) in [6.07, 6.45) is 6.11. The molecular weight excluding hydrogens is 425 g/mol. The zero-order valence-electron chi connectivity index (χ0n) is 18.0. The van der Waals surface area contributed by atoms with E-state index in [2.05, 4.69) is 52.5 Å². The monoisotopic (exact) mass is 451 g/mol. The Balaban J connectivity index is 1.55. The highest BCUT2D eigenvalue weighted by Gasteiger charge is 2.40. The van der Waals surface area contributed by atoms with Crippen molar-refractivity contribution in [2.45, 2.75) is 38.4 Å². The van der Waals surface area contributed by atoms with Gasteiger partial charge in [0, 0.05) is 37.6 Å². The topological polar surface area (TPSA) is 62.2 Å². The summed E-state index contributed by atoms with van der Waals surface area (Å²) in [6, 6.07) is 14.1. The van der Waals surface area contributed by atoms with Crippen LogP contribution < -0.4 is 10.6 Å². The lowest BCUT2D eigenvalue weighted by Crippen LogP contribution is -2.32. The first-order valence-electron chi connectivity index (χ1n) is 10.6. The van der Waals surface area contributed by atoms with Crippen LogP contribution in [0, 0.1) is 5.82 Å². The van der Waals surface area contributed by atoms with Gasteiger partial charge in [-0.3, -0.25) is 9.78 Å². The number of rotatable bonds is 7. The highest BCUT2D eigenvalue weighted by Crippen LogP contribution is 2.39. The fourth-order valence-corrected chi connectivity index (χ4v) is 4.27. The highest BCUT2D eigenvalue weighted by atomic mass is 32.1. The quantitative estimate of drug-likeness (QED) is 0.514. The third kappa shape index (κ3) is 4.65. The number of pyridine rings is 1. The van der Waals surface area contributed by atoms with Crippen molar-refractivity contribution in [1.82, 2.24) is 19.8 Å². The van der Waals surface area contributed by atoms with Crippen LogP contribution in [-0.2, 0) is 4.79 Å². The maximum Gasteiger partial charge on any atom is 0.226 e. The summed E-state index contributed by atoms with van der Waals surface area (Å²) in [4.78, 5) is 19.1. The van der Waals surface area contributed by atoms with E-state index in [1.54, 1.807) is 24.4 Å². The van der Waals surface area contributed by atoms with Gasteiger partial charge in [-0.2, -0.15) is 0 Å². The SMILES string of the molecule is CC(C)n1ccc([C@H]2[C@H](c3ccccn3)NC(=S)N2CCC(=O)Nc2ccccc2F)c1. The molecule has 1 amide bonds. The smallest absolute Gasteiger partial charge is 0.226 e. The number of carbonyl (C=O) groups excluding carboxylic acids is 1. The van der Waals surface area contributed by atoms with Gasteiger partial charge in [0.2, 0.25) is 5.91 Å². The van der Waals surface area contributed by atoms with Crippen molar-refractivity contribution < 1.29 is 9.18 Å². The van der Waals surface area contributed by atoms with E-state index in [0.717, 1.165) is 11.3 Å². The minimum Gasteiger partial charge on any atom is -0.352 e. The van der Waals surface area contributed by atoms with Gasteiger partial charge in [0.25, 0.3) is 0 Å². The van der Waals surface area contributed by atoms with Gasteiger partial charge in [-0.1, -0.05) is 18.2 Å². The lowest BCUT2D eigenvalue weighted by Gasteiger charge is -2.27. The number of nitrogens with one attached hydrogen (secondary N) is 2.